The van der Waals surface area contributed by atoms with Gasteiger partial charge in [-0.2, -0.15) is 0 Å². The van der Waals surface area contributed by atoms with Crippen molar-refractivity contribution in [3.8, 4) is 0 Å². The molecule has 7 heteroatoms. The van der Waals surface area contributed by atoms with Crippen LogP contribution in [-0.2, 0) is 4.79 Å². The molecule has 0 saturated carbocycles. The van der Waals surface area contributed by atoms with Crippen molar-refractivity contribution < 1.29 is 9.59 Å². The number of carbonyl (C=O) groups excluding carboxylic acids is 2. The Bertz CT molecular complexity index is 911. The lowest BCUT2D eigenvalue weighted by atomic mass is 9.94. The van der Waals surface area contributed by atoms with E-state index in [9.17, 15) is 9.59 Å². The number of amides is 3. The Morgan fingerprint density at radius 1 is 1.08 bits per heavy atom. The monoisotopic (exact) mass is 389 g/mol. The Kier molecular flexibility index (Phi) is 5.20. The SMILES string of the molecule is CC1=C(C(=O)Nc2ccccc2Cl)C(c2ccccc2Cl)NC(=O)N1C. The quantitative estimate of drug-likeness (QED) is 0.805. The summed E-state index contributed by atoms with van der Waals surface area (Å²) in [5.74, 6) is -0.354. The van der Waals surface area contributed by atoms with Gasteiger partial charge in [0.25, 0.3) is 5.91 Å². The van der Waals surface area contributed by atoms with E-state index >= 15 is 0 Å². The number of hydrogen-bond acceptors (Lipinski definition) is 2. The number of urea groups is 1. The third-order valence-corrected chi connectivity index (χ3v) is 5.01. The molecule has 0 bridgehead atoms. The molecule has 1 aliphatic rings. The lowest BCUT2D eigenvalue weighted by Crippen LogP contribution is -2.46. The standard InChI is InChI=1S/C19H17Cl2N3O2/c1-11-16(18(25)22-15-10-6-5-9-14(15)21)17(23-19(26)24(11)2)12-7-3-4-8-13(12)20/h3-10,17H,1-2H3,(H,22,25)(H,23,26). The van der Waals surface area contributed by atoms with Gasteiger partial charge in [-0.25, -0.2) is 4.79 Å². The summed E-state index contributed by atoms with van der Waals surface area (Å²) in [5, 5.41) is 6.55. The zero-order chi connectivity index (χ0) is 18.8. The van der Waals surface area contributed by atoms with Gasteiger partial charge in [0.2, 0.25) is 0 Å². The normalized spacial score (nSPS) is 17.2. The molecule has 3 rings (SSSR count). The molecule has 2 aromatic rings. The second kappa shape index (κ2) is 7.40. The Balaban J connectivity index is 2.04. The maximum absolute atomic E-state index is 13.0. The van der Waals surface area contributed by atoms with Crippen LogP contribution in [0.15, 0.2) is 59.8 Å². The number of carbonyl (C=O) groups is 2. The first kappa shape index (κ1) is 18.3. The van der Waals surface area contributed by atoms with Crippen LogP contribution in [0.3, 0.4) is 0 Å². The molecule has 5 nitrogen and oxygen atoms in total. The minimum Gasteiger partial charge on any atom is -0.326 e. The van der Waals surface area contributed by atoms with E-state index in [2.05, 4.69) is 10.6 Å². The minimum absolute atomic E-state index is 0.304. The highest BCUT2D eigenvalue weighted by Gasteiger charge is 2.35. The van der Waals surface area contributed by atoms with Crippen LogP contribution >= 0.6 is 23.2 Å². The van der Waals surface area contributed by atoms with Gasteiger partial charge in [-0.3, -0.25) is 4.79 Å². The van der Waals surface area contributed by atoms with Crippen LogP contribution in [0.1, 0.15) is 18.5 Å². The summed E-state index contributed by atoms with van der Waals surface area (Å²) in [4.78, 5) is 26.7. The summed E-state index contributed by atoms with van der Waals surface area (Å²) in [6.07, 6.45) is 0. The van der Waals surface area contributed by atoms with Crippen molar-refractivity contribution in [1.82, 2.24) is 10.2 Å². The molecule has 134 valence electrons. The van der Waals surface area contributed by atoms with Crippen molar-refractivity contribution in [2.45, 2.75) is 13.0 Å². The second-order valence-corrected chi connectivity index (χ2v) is 6.71. The van der Waals surface area contributed by atoms with Gasteiger partial charge < -0.3 is 15.5 Å². The fourth-order valence-corrected chi connectivity index (χ4v) is 3.25. The summed E-state index contributed by atoms with van der Waals surface area (Å²) in [6, 6.07) is 13.1. The van der Waals surface area contributed by atoms with Crippen LogP contribution in [-0.4, -0.2) is 23.9 Å². The highest BCUT2D eigenvalue weighted by atomic mass is 35.5. The molecule has 1 unspecified atom stereocenters. The molecule has 0 aromatic heterocycles. The Morgan fingerprint density at radius 3 is 2.35 bits per heavy atom. The predicted octanol–water partition coefficient (Wildman–Crippen LogP) is 4.60. The average molecular weight is 390 g/mol. The number of hydrogen-bond donors (Lipinski definition) is 2. The van der Waals surface area contributed by atoms with E-state index in [-0.39, 0.29) is 11.9 Å². The van der Waals surface area contributed by atoms with E-state index in [0.29, 0.717) is 32.6 Å². The van der Waals surface area contributed by atoms with Crippen LogP contribution in [0.4, 0.5) is 10.5 Å². The van der Waals surface area contributed by atoms with Crippen molar-refractivity contribution >= 4 is 40.8 Å². The maximum Gasteiger partial charge on any atom is 0.322 e. The molecule has 1 aliphatic heterocycles. The lowest BCUT2D eigenvalue weighted by molar-refractivity contribution is -0.113. The number of para-hydroxylation sites is 1. The van der Waals surface area contributed by atoms with E-state index in [4.69, 9.17) is 23.2 Å². The van der Waals surface area contributed by atoms with Gasteiger partial charge in [-0.1, -0.05) is 53.5 Å². The average Bonchev–Trinajstić information content (AvgIpc) is 2.61. The van der Waals surface area contributed by atoms with Crippen molar-refractivity contribution in [3.63, 3.8) is 0 Å². The van der Waals surface area contributed by atoms with E-state index < -0.39 is 6.04 Å². The van der Waals surface area contributed by atoms with E-state index in [1.807, 2.05) is 6.07 Å². The molecule has 1 atom stereocenters. The molecule has 3 amide bonds. The first-order chi connectivity index (χ1) is 12.4. The van der Waals surface area contributed by atoms with Crippen LogP contribution < -0.4 is 10.6 Å². The molecular formula is C19H17Cl2N3O2. The zero-order valence-electron chi connectivity index (χ0n) is 14.2. The molecule has 2 aromatic carbocycles. The van der Waals surface area contributed by atoms with E-state index in [1.165, 1.54) is 4.90 Å². The fraction of sp³-hybridized carbons (Fsp3) is 0.158. The van der Waals surface area contributed by atoms with E-state index in [1.54, 1.807) is 56.4 Å². The number of nitrogens with zero attached hydrogens (tertiary/aromatic N) is 1. The molecule has 0 spiro atoms. The Morgan fingerprint density at radius 2 is 1.69 bits per heavy atom. The van der Waals surface area contributed by atoms with Gasteiger partial charge in [0.1, 0.15) is 0 Å². The molecule has 0 aliphatic carbocycles. The van der Waals surface area contributed by atoms with Crippen LogP contribution in [0.25, 0.3) is 0 Å². The van der Waals surface area contributed by atoms with Gasteiger partial charge in [0.05, 0.1) is 22.3 Å². The van der Waals surface area contributed by atoms with Crippen LogP contribution in [0.2, 0.25) is 10.0 Å². The Hall–Kier alpha value is -2.50. The molecule has 2 N–H and O–H groups in total. The topological polar surface area (TPSA) is 61.4 Å². The number of allylic oxidation sites excluding steroid dienone is 1. The van der Waals surface area contributed by atoms with Gasteiger partial charge in [0, 0.05) is 17.8 Å². The first-order valence-corrected chi connectivity index (χ1v) is 8.71. The second-order valence-electron chi connectivity index (χ2n) is 5.90. The molecule has 26 heavy (non-hydrogen) atoms. The number of rotatable bonds is 3. The highest BCUT2D eigenvalue weighted by molar-refractivity contribution is 6.34. The largest absolute Gasteiger partial charge is 0.326 e. The summed E-state index contributed by atoms with van der Waals surface area (Å²) in [5.41, 5.74) is 2.10. The number of benzene rings is 2. The lowest BCUT2D eigenvalue weighted by Gasteiger charge is -2.34. The predicted molar refractivity (Wildman–Crippen MR) is 103 cm³/mol. The maximum atomic E-state index is 13.0. The summed E-state index contributed by atoms with van der Waals surface area (Å²) in [6.45, 7) is 1.73. The van der Waals surface area contributed by atoms with Gasteiger partial charge in [-0.05, 0) is 30.7 Å². The molecule has 0 fully saturated rings. The highest BCUT2D eigenvalue weighted by Crippen LogP contribution is 2.34. The van der Waals surface area contributed by atoms with Crippen molar-refractivity contribution in [2.75, 3.05) is 12.4 Å². The van der Waals surface area contributed by atoms with Crippen molar-refractivity contribution in [2.24, 2.45) is 0 Å². The summed E-state index contributed by atoms with van der Waals surface area (Å²) >= 11 is 12.4. The number of anilines is 1. The number of nitrogens with one attached hydrogen (secondary N) is 2. The summed E-state index contributed by atoms with van der Waals surface area (Å²) in [7, 11) is 1.61. The molecule has 1 heterocycles. The molecule has 0 saturated heterocycles. The zero-order valence-corrected chi connectivity index (χ0v) is 15.7. The molecular weight excluding hydrogens is 373 g/mol. The van der Waals surface area contributed by atoms with Crippen LogP contribution in [0, 0.1) is 0 Å². The fourth-order valence-electron chi connectivity index (χ4n) is 2.82. The number of halogens is 2. The van der Waals surface area contributed by atoms with E-state index in [0.717, 1.165) is 0 Å². The van der Waals surface area contributed by atoms with Crippen molar-refractivity contribution in [3.05, 3.63) is 75.4 Å². The smallest absolute Gasteiger partial charge is 0.322 e. The third-order valence-electron chi connectivity index (χ3n) is 4.34. The first-order valence-electron chi connectivity index (χ1n) is 7.95. The van der Waals surface area contributed by atoms with Gasteiger partial charge in [0.15, 0.2) is 0 Å². The minimum atomic E-state index is -0.658. The molecule has 0 radical (unpaired) electrons. The Labute approximate surface area is 161 Å². The van der Waals surface area contributed by atoms with Gasteiger partial charge >= 0.3 is 6.03 Å². The summed E-state index contributed by atoms with van der Waals surface area (Å²) < 4.78 is 0. The van der Waals surface area contributed by atoms with Crippen molar-refractivity contribution in [1.29, 1.82) is 0 Å². The third kappa shape index (κ3) is 3.41. The van der Waals surface area contributed by atoms with Gasteiger partial charge in [-0.15, -0.1) is 0 Å². The van der Waals surface area contributed by atoms with Crippen LogP contribution in [0.5, 0.6) is 0 Å².